The Hall–Kier alpha value is -5.09. The summed E-state index contributed by atoms with van der Waals surface area (Å²) in [4.78, 5) is 64.1. The summed E-state index contributed by atoms with van der Waals surface area (Å²) < 4.78 is 11.1. The lowest BCUT2D eigenvalue weighted by molar-refractivity contribution is -0.121. The van der Waals surface area contributed by atoms with E-state index in [9.17, 15) is 14.4 Å². The molecule has 0 aliphatic carbocycles. The summed E-state index contributed by atoms with van der Waals surface area (Å²) in [6, 6.07) is 20.0. The Labute approximate surface area is 250 Å². The molecule has 1 unspecified atom stereocenters. The Morgan fingerprint density at radius 3 is 2.51 bits per heavy atom. The highest BCUT2D eigenvalue weighted by atomic mass is 32.1. The maximum atomic E-state index is 15.1. The number of aromatic nitrogens is 1. The normalized spacial score (nSPS) is 17.2. The second-order valence-electron chi connectivity index (χ2n) is 10.7. The highest BCUT2D eigenvalue weighted by Crippen LogP contribution is 2.55. The smallest absolute Gasteiger partial charge is 0.350 e. The van der Waals surface area contributed by atoms with Crippen molar-refractivity contribution in [1.82, 2.24) is 4.98 Å². The molecule has 0 saturated carbocycles. The van der Waals surface area contributed by atoms with Crippen LogP contribution in [0.3, 0.4) is 0 Å². The lowest BCUT2D eigenvalue weighted by Crippen LogP contribution is -2.53. The predicted molar refractivity (Wildman–Crippen MR) is 162 cm³/mol. The van der Waals surface area contributed by atoms with Crippen LogP contribution in [0.15, 0.2) is 75.9 Å². The average Bonchev–Trinajstić information content (AvgIpc) is 3.59. The zero-order chi connectivity index (χ0) is 30.2. The molecule has 0 fully saturated rings. The Bertz CT molecular complexity index is 2100. The molecular formula is C33H25N3O6S. The van der Waals surface area contributed by atoms with Crippen molar-refractivity contribution in [3.8, 4) is 0 Å². The molecule has 2 aromatic heterocycles. The second kappa shape index (κ2) is 9.47. The van der Waals surface area contributed by atoms with Crippen molar-refractivity contribution >= 4 is 50.9 Å². The molecule has 7 rings (SSSR count). The zero-order valence-corrected chi connectivity index (χ0v) is 24.6. The van der Waals surface area contributed by atoms with E-state index in [0.29, 0.717) is 16.9 Å². The second-order valence-corrected chi connectivity index (χ2v) is 11.7. The Morgan fingerprint density at radius 1 is 1.00 bits per heavy atom. The van der Waals surface area contributed by atoms with E-state index in [1.165, 1.54) is 12.0 Å². The molecule has 5 aromatic rings. The van der Waals surface area contributed by atoms with Gasteiger partial charge in [0.25, 0.3) is 11.8 Å². The summed E-state index contributed by atoms with van der Waals surface area (Å²) in [7, 11) is 1.26. The number of nitrogens with zero attached hydrogens (tertiary/aromatic N) is 3. The molecule has 2 aliphatic heterocycles. The number of carbonyl (C=O) groups is 3. The molecule has 3 aromatic carbocycles. The fraction of sp³-hybridized carbons (Fsp3) is 0.182. The predicted octanol–water partition coefficient (Wildman–Crippen LogP) is 5.41. The number of benzene rings is 3. The number of rotatable bonds is 4. The van der Waals surface area contributed by atoms with Gasteiger partial charge in [0.15, 0.2) is 16.1 Å². The van der Waals surface area contributed by atoms with Crippen molar-refractivity contribution in [2.24, 2.45) is 0 Å². The van der Waals surface area contributed by atoms with Gasteiger partial charge in [0, 0.05) is 5.56 Å². The SMILES string of the molecule is COC(=O)c1sc(N2C(=O)c3oc4ccc(C)cc4c(=O)c3C23C(=O)N(Cc2ccccc2C)c2ccccc23)nc1C. The third-order valence-corrected chi connectivity index (χ3v) is 9.34. The van der Waals surface area contributed by atoms with Crippen LogP contribution < -0.4 is 15.2 Å². The first-order chi connectivity index (χ1) is 20.7. The molecule has 1 atom stereocenters. The van der Waals surface area contributed by atoms with Gasteiger partial charge >= 0.3 is 5.97 Å². The monoisotopic (exact) mass is 591 g/mol. The summed E-state index contributed by atoms with van der Waals surface area (Å²) in [5.41, 5.74) is 1.87. The molecule has 0 bridgehead atoms. The number of carbonyl (C=O) groups excluding carboxylic acids is 3. The lowest BCUT2D eigenvalue weighted by Gasteiger charge is -2.32. The molecule has 214 valence electrons. The Balaban J connectivity index is 1.56. The van der Waals surface area contributed by atoms with Crippen LogP contribution in [0, 0.1) is 20.8 Å². The van der Waals surface area contributed by atoms with Gasteiger partial charge in [0.2, 0.25) is 5.76 Å². The molecule has 2 amide bonds. The first-order valence-electron chi connectivity index (χ1n) is 13.6. The number of fused-ring (bicyclic) bond motifs is 5. The minimum atomic E-state index is -1.91. The van der Waals surface area contributed by atoms with Crippen molar-refractivity contribution in [2.75, 3.05) is 16.9 Å². The number of hydrogen-bond acceptors (Lipinski definition) is 8. The largest absolute Gasteiger partial charge is 0.465 e. The fourth-order valence-corrected chi connectivity index (χ4v) is 7.19. The minimum absolute atomic E-state index is 0.0622. The number of hydrogen-bond donors (Lipinski definition) is 0. The summed E-state index contributed by atoms with van der Waals surface area (Å²) in [6.07, 6.45) is 0. The number of ether oxygens (including phenoxy) is 1. The molecular weight excluding hydrogens is 566 g/mol. The number of thiazole rings is 1. The van der Waals surface area contributed by atoms with Crippen molar-refractivity contribution < 1.29 is 23.5 Å². The number of aryl methyl sites for hydroxylation is 3. The van der Waals surface area contributed by atoms with Gasteiger partial charge in [-0.2, -0.15) is 0 Å². The van der Waals surface area contributed by atoms with Crippen LogP contribution in [0.1, 0.15) is 53.7 Å². The van der Waals surface area contributed by atoms with Crippen molar-refractivity contribution in [2.45, 2.75) is 32.9 Å². The van der Waals surface area contributed by atoms with Crippen LogP contribution >= 0.6 is 11.3 Å². The summed E-state index contributed by atoms with van der Waals surface area (Å²) in [6.45, 7) is 5.66. The topological polar surface area (TPSA) is 110 Å². The maximum absolute atomic E-state index is 15.1. The molecule has 43 heavy (non-hydrogen) atoms. The van der Waals surface area contributed by atoms with Crippen LogP contribution in [0.5, 0.6) is 0 Å². The van der Waals surface area contributed by atoms with Gasteiger partial charge < -0.3 is 14.1 Å². The average molecular weight is 592 g/mol. The van der Waals surface area contributed by atoms with E-state index in [1.54, 1.807) is 48.2 Å². The van der Waals surface area contributed by atoms with E-state index in [1.807, 2.05) is 44.2 Å². The zero-order valence-electron chi connectivity index (χ0n) is 23.8. The number of anilines is 2. The van der Waals surface area contributed by atoms with Crippen LogP contribution in [0.2, 0.25) is 0 Å². The quantitative estimate of drug-likeness (QED) is 0.257. The van der Waals surface area contributed by atoms with E-state index >= 15 is 4.79 Å². The molecule has 0 saturated heterocycles. The van der Waals surface area contributed by atoms with E-state index in [4.69, 9.17) is 9.15 Å². The maximum Gasteiger partial charge on any atom is 0.350 e. The summed E-state index contributed by atoms with van der Waals surface area (Å²) in [5.74, 6) is -2.03. The summed E-state index contributed by atoms with van der Waals surface area (Å²) >= 11 is 0.927. The van der Waals surface area contributed by atoms with Crippen molar-refractivity contribution in [3.63, 3.8) is 0 Å². The van der Waals surface area contributed by atoms with Crippen molar-refractivity contribution in [3.05, 3.63) is 121 Å². The number of para-hydroxylation sites is 1. The molecule has 10 heteroatoms. The number of amides is 2. The molecule has 1 spiro atoms. The minimum Gasteiger partial charge on any atom is -0.465 e. The highest BCUT2D eigenvalue weighted by Gasteiger charge is 2.66. The first kappa shape index (κ1) is 26.8. The number of esters is 1. The highest BCUT2D eigenvalue weighted by molar-refractivity contribution is 7.17. The van der Waals surface area contributed by atoms with Crippen LogP contribution in [0.4, 0.5) is 10.8 Å². The molecule has 2 aliphatic rings. The van der Waals surface area contributed by atoms with Crippen LogP contribution in [0.25, 0.3) is 11.0 Å². The van der Waals surface area contributed by atoms with Crippen LogP contribution in [-0.4, -0.2) is 29.9 Å². The van der Waals surface area contributed by atoms with E-state index in [-0.39, 0.29) is 38.8 Å². The third-order valence-electron chi connectivity index (χ3n) is 8.22. The molecule has 4 heterocycles. The molecule has 0 N–H and O–H groups in total. The van der Waals surface area contributed by atoms with Gasteiger partial charge in [-0.05, 0) is 50.1 Å². The fourth-order valence-electron chi connectivity index (χ4n) is 6.15. The Morgan fingerprint density at radius 2 is 1.74 bits per heavy atom. The van der Waals surface area contributed by atoms with E-state index in [0.717, 1.165) is 28.0 Å². The van der Waals surface area contributed by atoms with Gasteiger partial charge in [0.05, 0.1) is 36.0 Å². The third kappa shape index (κ3) is 3.59. The number of methoxy groups -OCH3 is 1. The molecule has 0 radical (unpaired) electrons. The van der Waals surface area contributed by atoms with Crippen molar-refractivity contribution in [1.29, 1.82) is 0 Å². The first-order valence-corrected chi connectivity index (χ1v) is 14.4. The van der Waals surface area contributed by atoms with Gasteiger partial charge in [-0.25, -0.2) is 9.78 Å². The lowest BCUT2D eigenvalue weighted by atomic mass is 9.84. The van der Waals surface area contributed by atoms with Gasteiger partial charge in [0.1, 0.15) is 10.5 Å². The van der Waals surface area contributed by atoms with Gasteiger partial charge in [-0.3, -0.25) is 19.3 Å². The van der Waals surface area contributed by atoms with Crippen LogP contribution in [-0.2, 0) is 21.6 Å². The van der Waals surface area contributed by atoms with Gasteiger partial charge in [-0.15, -0.1) is 0 Å². The standard InChI is InChI=1S/C33H25N3O6S/c1-17-13-14-24-21(15-17)26(37)25-27(42-24)29(38)36(32-34-19(3)28(43-32)30(39)41-4)33(25)22-11-7-8-12-23(22)35(31(33)40)16-20-10-6-5-9-18(20)2/h5-15H,16H2,1-4H3. The Kier molecular flexibility index (Phi) is 5.90. The van der Waals surface area contributed by atoms with Gasteiger partial charge in [-0.1, -0.05) is 65.4 Å². The summed E-state index contributed by atoms with van der Waals surface area (Å²) in [5, 5.41) is 0.343. The van der Waals surface area contributed by atoms with E-state index in [2.05, 4.69) is 4.98 Å². The van der Waals surface area contributed by atoms with E-state index < -0.39 is 28.8 Å². The molecule has 9 nitrogen and oxygen atoms in total.